The Morgan fingerprint density at radius 2 is 1.70 bits per heavy atom. The summed E-state index contributed by atoms with van der Waals surface area (Å²) in [6.45, 7) is 8.23. The van der Waals surface area contributed by atoms with Crippen LogP contribution in [0.1, 0.15) is 43.7 Å². The van der Waals surface area contributed by atoms with Crippen molar-refractivity contribution in [2.24, 2.45) is 0 Å². The number of carbonyl (C=O) groups excluding carboxylic acids is 1. The SMILES string of the molecule is Cc1ccc(-n2nc(C(C)(C)C)cc2NC(=O)C(O)c2ccccc2)cc1. The highest BCUT2D eigenvalue weighted by atomic mass is 16.3. The second-order valence-corrected chi connectivity index (χ2v) is 7.71. The predicted octanol–water partition coefficient (Wildman–Crippen LogP) is 4.15. The zero-order valence-corrected chi connectivity index (χ0v) is 16.1. The lowest BCUT2D eigenvalue weighted by atomic mass is 9.92. The molecule has 2 N–H and O–H groups in total. The first-order valence-electron chi connectivity index (χ1n) is 8.97. The first-order valence-corrected chi connectivity index (χ1v) is 8.97. The number of nitrogens with zero attached hydrogens (tertiary/aromatic N) is 2. The van der Waals surface area contributed by atoms with Crippen LogP contribution in [-0.2, 0) is 10.2 Å². The van der Waals surface area contributed by atoms with E-state index in [0.29, 0.717) is 11.4 Å². The highest BCUT2D eigenvalue weighted by molar-refractivity contribution is 5.94. The fourth-order valence-corrected chi connectivity index (χ4v) is 2.70. The minimum absolute atomic E-state index is 0.173. The number of benzene rings is 2. The molecule has 3 rings (SSSR count). The van der Waals surface area contributed by atoms with E-state index in [2.05, 4.69) is 31.2 Å². The van der Waals surface area contributed by atoms with Gasteiger partial charge in [-0.05, 0) is 24.6 Å². The van der Waals surface area contributed by atoms with Gasteiger partial charge in [0.25, 0.3) is 5.91 Å². The van der Waals surface area contributed by atoms with Gasteiger partial charge in [-0.3, -0.25) is 4.79 Å². The Hall–Kier alpha value is -2.92. The number of hydrogen-bond acceptors (Lipinski definition) is 3. The molecule has 0 saturated heterocycles. The number of anilines is 1. The molecule has 0 aliphatic heterocycles. The highest BCUT2D eigenvalue weighted by Gasteiger charge is 2.24. The lowest BCUT2D eigenvalue weighted by Crippen LogP contribution is -2.22. The zero-order valence-electron chi connectivity index (χ0n) is 16.1. The van der Waals surface area contributed by atoms with Crippen molar-refractivity contribution >= 4 is 11.7 Å². The largest absolute Gasteiger partial charge is 0.378 e. The van der Waals surface area contributed by atoms with Gasteiger partial charge in [0, 0.05) is 11.5 Å². The summed E-state index contributed by atoms with van der Waals surface area (Å²) in [6, 6.07) is 18.6. The van der Waals surface area contributed by atoms with Gasteiger partial charge < -0.3 is 10.4 Å². The molecule has 1 atom stereocenters. The molecule has 0 bridgehead atoms. The average molecular weight is 363 g/mol. The summed E-state index contributed by atoms with van der Waals surface area (Å²) in [5.74, 6) is 0.0404. The number of aromatic nitrogens is 2. The first kappa shape index (κ1) is 18.9. The fraction of sp³-hybridized carbons (Fsp3) is 0.273. The standard InChI is InChI=1S/C22H25N3O2/c1-15-10-12-17(13-11-15)25-19(14-18(24-25)22(2,3)4)23-21(27)20(26)16-8-6-5-7-9-16/h5-14,20,26H,1-4H3,(H,23,27). The van der Waals surface area contributed by atoms with Gasteiger partial charge in [-0.1, -0.05) is 68.8 Å². The van der Waals surface area contributed by atoms with Gasteiger partial charge in [-0.15, -0.1) is 0 Å². The summed E-state index contributed by atoms with van der Waals surface area (Å²) < 4.78 is 1.70. The van der Waals surface area contributed by atoms with Crippen molar-refractivity contribution in [3.63, 3.8) is 0 Å². The van der Waals surface area contributed by atoms with E-state index in [9.17, 15) is 9.90 Å². The zero-order chi connectivity index (χ0) is 19.6. The number of aliphatic hydroxyl groups is 1. The van der Waals surface area contributed by atoms with E-state index in [1.165, 1.54) is 0 Å². The molecule has 1 heterocycles. The molecule has 0 spiro atoms. The van der Waals surface area contributed by atoms with E-state index in [0.717, 1.165) is 16.9 Å². The molecular weight excluding hydrogens is 338 g/mol. The number of carbonyl (C=O) groups is 1. The molecule has 0 fully saturated rings. The van der Waals surface area contributed by atoms with Crippen LogP contribution in [0, 0.1) is 6.92 Å². The first-order chi connectivity index (χ1) is 12.8. The summed E-state index contributed by atoms with van der Waals surface area (Å²) in [5.41, 5.74) is 3.22. The minimum Gasteiger partial charge on any atom is -0.378 e. The van der Waals surface area contributed by atoms with Gasteiger partial charge in [0.05, 0.1) is 11.4 Å². The van der Waals surface area contributed by atoms with Gasteiger partial charge in [0.15, 0.2) is 6.10 Å². The van der Waals surface area contributed by atoms with Crippen LogP contribution in [0.3, 0.4) is 0 Å². The van der Waals surface area contributed by atoms with Crippen LogP contribution in [0.5, 0.6) is 0 Å². The van der Waals surface area contributed by atoms with Crippen LogP contribution in [0.15, 0.2) is 60.7 Å². The molecule has 0 saturated carbocycles. The van der Waals surface area contributed by atoms with Crippen molar-refractivity contribution in [2.45, 2.75) is 39.2 Å². The molecule has 5 heteroatoms. The summed E-state index contributed by atoms with van der Waals surface area (Å²) in [7, 11) is 0. The molecular formula is C22H25N3O2. The maximum absolute atomic E-state index is 12.6. The topological polar surface area (TPSA) is 67.2 Å². The summed E-state index contributed by atoms with van der Waals surface area (Å²) >= 11 is 0. The Kier molecular flexibility index (Phi) is 5.15. The Morgan fingerprint density at radius 1 is 1.07 bits per heavy atom. The van der Waals surface area contributed by atoms with Crippen LogP contribution in [-0.4, -0.2) is 20.8 Å². The number of aliphatic hydroxyl groups excluding tert-OH is 1. The summed E-state index contributed by atoms with van der Waals surface area (Å²) in [6.07, 6.45) is -1.24. The van der Waals surface area contributed by atoms with Crippen molar-refractivity contribution in [1.29, 1.82) is 0 Å². The minimum atomic E-state index is -1.24. The second-order valence-electron chi connectivity index (χ2n) is 7.71. The van der Waals surface area contributed by atoms with Gasteiger partial charge in [0.1, 0.15) is 5.82 Å². The summed E-state index contributed by atoms with van der Waals surface area (Å²) in [5, 5.41) is 17.9. The van der Waals surface area contributed by atoms with E-state index in [1.807, 2.05) is 43.3 Å². The van der Waals surface area contributed by atoms with E-state index >= 15 is 0 Å². The molecule has 1 amide bonds. The van der Waals surface area contributed by atoms with Gasteiger partial charge >= 0.3 is 0 Å². The average Bonchev–Trinajstić information content (AvgIpc) is 3.06. The number of rotatable bonds is 4. The van der Waals surface area contributed by atoms with E-state index in [4.69, 9.17) is 0 Å². The van der Waals surface area contributed by atoms with Crippen molar-refractivity contribution in [1.82, 2.24) is 9.78 Å². The molecule has 0 aliphatic rings. The van der Waals surface area contributed by atoms with Crippen LogP contribution in [0.25, 0.3) is 5.69 Å². The Morgan fingerprint density at radius 3 is 2.30 bits per heavy atom. The lowest BCUT2D eigenvalue weighted by Gasteiger charge is -2.14. The molecule has 0 aliphatic carbocycles. The molecule has 2 aromatic carbocycles. The summed E-state index contributed by atoms with van der Waals surface area (Å²) in [4.78, 5) is 12.6. The molecule has 1 aromatic heterocycles. The van der Waals surface area contributed by atoms with E-state index in [1.54, 1.807) is 28.9 Å². The van der Waals surface area contributed by atoms with Crippen LogP contribution >= 0.6 is 0 Å². The number of hydrogen-bond donors (Lipinski definition) is 2. The van der Waals surface area contributed by atoms with Gasteiger partial charge in [-0.2, -0.15) is 5.10 Å². The van der Waals surface area contributed by atoms with E-state index in [-0.39, 0.29) is 5.41 Å². The van der Waals surface area contributed by atoms with Gasteiger partial charge in [-0.25, -0.2) is 4.68 Å². The molecule has 3 aromatic rings. The van der Waals surface area contributed by atoms with Crippen molar-refractivity contribution < 1.29 is 9.90 Å². The van der Waals surface area contributed by atoms with Crippen LogP contribution in [0.4, 0.5) is 5.82 Å². The van der Waals surface area contributed by atoms with Crippen LogP contribution in [0.2, 0.25) is 0 Å². The number of aryl methyl sites for hydroxylation is 1. The lowest BCUT2D eigenvalue weighted by molar-refractivity contribution is -0.124. The Balaban J connectivity index is 1.95. The van der Waals surface area contributed by atoms with Crippen LogP contribution < -0.4 is 5.32 Å². The third-order valence-corrected chi connectivity index (χ3v) is 4.37. The predicted molar refractivity (Wildman–Crippen MR) is 107 cm³/mol. The van der Waals surface area contributed by atoms with E-state index < -0.39 is 12.0 Å². The molecule has 0 radical (unpaired) electrons. The number of nitrogens with one attached hydrogen (secondary N) is 1. The smallest absolute Gasteiger partial charge is 0.258 e. The molecule has 5 nitrogen and oxygen atoms in total. The van der Waals surface area contributed by atoms with Crippen molar-refractivity contribution in [3.05, 3.63) is 77.5 Å². The fourth-order valence-electron chi connectivity index (χ4n) is 2.70. The third kappa shape index (κ3) is 4.26. The molecule has 1 unspecified atom stereocenters. The normalized spacial score (nSPS) is 12.6. The maximum atomic E-state index is 12.6. The van der Waals surface area contributed by atoms with Crippen molar-refractivity contribution in [2.75, 3.05) is 5.32 Å². The Bertz CT molecular complexity index is 922. The maximum Gasteiger partial charge on any atom is 0.258 e. The second kappa shape index (κ2) is 7.37. The quantitative estimate of drug-likeness (QED) is 0.732. The highest BCUT2D eigenvalue weighted by Crippen LogP contribution is 2.27. The number of amides is 1. The van der Waals surface area contributed by atoms with Crippen molar-refractivity contribution in [3.8, 4) is 5.69 Å². The monoisotopic (exact) mass is 363 g/mol. The Labute approximate surface area is 159 Å². The van der Waals surface area contributed by atoms with Gasteiger partial charge in [0.2, 0.25) is 0 Å². The molecule has 140 valence electrons. The molecule has 27 heavy (non-hydrogen) atoms. The third-order valence-electron chi connectivity index (χ3n) is 4.37.